The molecule has 0 aliphatic rings. The molecule has 0 fully saturated rings. The van der Waals surface area contributed by atoms with E-state index in [2.05, 4.69) is 4.98 Å². The summed E-state index contributed by atoms with van der Waals surface area (Å²) in [5, 5.41) is 11.8. The van der Waals surface area contributed by atoms with Crippen LogP contribution in [-0.4, -0.2) is 17.0 Å². The number of nitrogens with zero attached hydrogens (tertiary/aromatic N) is 2. The molecule has 0 bridgehead atoms. The summed E-state index contributed by atoms with van der Waals surface area (Å²) in [5.41, 5.74) is 3.89. The molecule has 5 nitrogen and oxygen atoms in total. The smallest absolute Gasteiger partial charge is 0.270 e. The highest BCUT2D eigenvalue weighted by Gasteiger charge is 2.07. The number of thiazole rings is 1. The fraction of sp³-hybridized carbons (Fsp3) is 0.0455. The quantitative estimate of drug-likeness (QED) is 0.237. The molecule has 0 aliphatic carbocycles. The van der Waals surface area contributed by atoms with Gasteiger partial charge in [-0.2, -0.15) is 0 Å². The molecule has 0 radical (unpaired) electrons. The molecule has 138 valence electrons. The number of ether oxygens (including phenoxy) is 1. The second-order valence-corrected chi connectivity index (χ2v) is 7.19. The van der Waals surface area contributed by atoms with Crippen molar-refractivity contribution < 1.29 is 9.66 Å². The Hall–Kier alpha value is -3.51. The van der Waals surface area contributed by atoms with Gasteiger partial charge in [0.1, 0.15) is 10.8 Å². The summed E-state index contributed by atoms with van der Waals surface area (Å²) in [6.45, 7) is 0. The van der Waals surface area contributed by atoms with E-state index >= 15 is 0 Å². The van der Waals surface area contributed by atoms with Crippen molar-refractivity contribution in [2.24, 2.45) is 0 Å². The predicted octanol–water partition coefficient (Wildman–Crippen LogP) is 6.05. The van der Waals surface area contributed by atoms with Gasteiger partial charge in [0.05, 0.1) is 22.2 Å². The van der Waals surface area contributed by atoms with Crippen LogP contribution in [0.2, 0.25) is 0 Å². The average Bonchev–Trinajstić information content (AvgIpc) is 3.16. The number of nitro benzene ring substituents is 1. The Balaban J connectivity index is 1.55. The van der Waals surface area contributed by atoms with E-state index in [0.29, 0.717) is 0 Å². The molecule has 0 saturated carbocycles. The Bertz CT molecular complexity index is 1180. The van der Waals surface area contributed by atoms with Crippen molar-refractivity contribution in [2.75, 3.05) is 7.11 Å². The van der Waals surface area contributed by atoms with Crippen molar-refractivity contribution in [3.8, 4) is 16.3 Å². The third-order valence-electron chi connectivity index (χ3n) is 4.30. The molecular weight excluding hydrogens is 372 g/mol. The maximum atomic E-state index is 10.9. The van der Waals surface area contributed by atoms with Crippen LogP contribution in [0.5, 0.6) is 5.75 Å². The van der Waals surface area contributed by atoms with Crippen molar-refractivity contribution in [1.29, 1.82) is 0 Å². The van der Waals surface area contributed by atoms with Crippen molar-refractivity contribution in [3.05, 3.63) is 88.0 Å². The van der Waals surface area contributed by atoms with E-state index < -0.39 is 0 Å². The first-order chi connectivity index (χ1) is 13.6. The number of aromatic nitrogens is 1. The summed E-state index contributed by atoms with van der Waals surface area (Å²) in [4.78, 5) is 15.2. The van der Waals surface area contributed by atoms with E-state index in [4.69, 9.17) is 4.74 Å². The molecule has 0 spiro atoms. The normalized spacial score (nSPS) is 11.2. The summed E-state index contributed by atoms with van der Waals surface area (Å²) in [7, 11) is 1.66. The van der Waals surface area contributed by atoms with E-state index in [1.807, 2.05) is 60.7 Å². The van der Waals surface area contributed by atoms with Gasteiger partial charge < -0.3 is 4.74 Å². The van der Waals surface area contributed by atoms with Crippen LogP contribution >= 0.6 is 11.3 Å². The predicted molar refractivity (Wildman–Crippen MR) is 114 cm³/mol. The van der Waals surface area contributed by atoms with Gasteiger partial charge in [-0.3, -0.25) is 10.1 Å². The van der Waals surface area contributed by atoms with Crippen molar-refractivity contribution in [2.45, 2.75) is 0 Å². The Morgan fingerprint density at radius 2 is 1.79 bits per heavy atom. The maximum absolute atomic E-state index is 10.9. The van der Waals surface area contributed by atoms with Crippen LogP contribution < -0.4 is 4.74 Å². The summed E-state index contributed by atoms with van der Waals surface area (Å²) in [6, 6.07) is 20.5. The molecule has 0 saturated heterocycles. The third kappa shape index (κ3) is 3.77. The monoisotopic (exact) mass is 388 g/mol. The van der Waals surface area contributed by atoms with E-state index in [0.717, 1.165) is 37.7 Å². The molecule has 0 N–H and O–H groups in total. The third-order valence-corrected chi connectivity index (χ3v) is 5.37. The Morgan fingerprint density at radius 1 is 1.00 bits per heavy atom. The molecule has 28 heavy (non-hydrogen) atoms. The van der Waals surface area contributed by atoms with E-state index in [1.165, 1.54) is 6.07 Å². The molecule has 4 rings (SSSR count). The molecule has 0 unspecified atom stereocenters. The number of hydrogen-bond acceptors (Lipinski definition) is 5. The van der Waals surface area contributed by atoms with Crippen molar-refractivity contribution in [1.82, 2.24) is 4.98 Å². The lowest BCUT2D eigenvalue weighted by Gasteiger charge is -1.98. The lowest BCUT2D eigenvalue weighted by molar-refractivity contribution is -0.384. The Kier molecular flexibility index (Phi) is 4.87. The SMILES string of the molecule is COc1ccc2nc(-c3ccc(/C=C/c4cccc([N+](=O)[O-])c4)cc3)sc2c1. The van der Waals surface area contributed by atoms with Crippen LogP contribution in [0.4, 0.5) is 5.69 Å². The number of fused-ring (bicyclic) bond motifs is 1. The number of benzene rings is 3. The zero-order valence-corrected chi connectivity index (χ0v) is 15.8. The highest BCUT2D eigenvalue weighted by atomic mass is 32.1. The van der Waals surface area contributed by atoms with E-state index in [-0.39, 0.29) is 10.6 Å². The van der Waals surface area contributed by atoms with Gasteiger partial charge in [-0.05, 0) is 29.3 Å². The lowest BCUT2D eigenvalue weighted by Crippen LogP contribution is -1.87. The number of rotatable bonds is 5. The number of non-ortho nitro benzene ring substituents is 1. The Morgan fingerprint density at radius 3 is 2.54 bits per heavy atom. The molecule has 6 heteroatoms. The van der Waals surface area contributed by atoms with Gasteiger partial charge in [0, 0.05) is 17.7 Å². The minimum atomic E-state index is -0.389. The summed E-state index contributed by atoms with van der Waals surface area (Å²) >= 11 is 1.63. The second kappa shape index (κ2) is 7.62. The van der Waals surface area contributed by atoms with Crippen LogP contribution in [0.15, 0.2) is 66.7 Å². The first-order valence-electron chi connectivity index (χ1n) is 8.60. The molecular formula is C22H16N2O3S. The van der Waals surface area contributed by atoms with Gasteiger partial charge in [0.2, 0.25) is 0 Å². The van der Waals surface area contributed by atoms with Crippen molar-refractivity contribution in [3.63, 3.8) is 0 Å². The van der Waals surface area contributed by atoms with Gasteiger partial charge >= 0.3 is 0 Å². The second-order valence-electron chi connectivity index (χ2n) is 6.16. The topological polar surface area (TPSA) is 65.3 Å². The van der Waals surface area contributed by atoms with Crippen molar-refractivity contribution >= 4 is 39.4 Å². The van der Waals surface area contributed by atoms with Gasteiger partial charge in [-0.1, -0.05) is 48.6 Å². The van der Waals surface area contributed by atoms with E-state index in [9.17, 15) is 10.1 Å². The summed E-state index contributed by atoms with van der Waals surface area (Å²) in [6.07, 6.45) is 3.80. The summed E-state index contributed by atoms with van der Waals surface area (Å²) in [5.74, 6) is 0.823. The van der Waals surface area contributed by atoms with Crippen LogP contribution in [-0.2, 0) is 0 Å². The van der Waals surface area contributed by atoms with Crippen LogP contribution in [0.3, 0.4) is 0 Å². The first kappa shape index (κ1) is 17.9. The zero-order valence-electron chi connectivity index (χ0n) is 15.0. The average molecular weight is 388 g/mol. The molecule has 3 aromatic carbocycles. The van der Waals surface area contributed by atoms with Gasteiger partial charge in [-0.25, -0.2) is 4.98 Å². The molecule has 4 aromatic rings. The standard InChI is InChI=1S/C22H16N2O3S/c1-27-19-11-12-20-21(14-19)28-22(23-20)17-9-7-15(8-10-17)5-6-16-3-2-4-18(13-16)24(25)26/h2-14H,1H3/b6-5+. The van der Waals surface area contributed by atoms with Gasteiger partial charge in [0.25, 0.3) is 5.69 Å². The highest BCUT2D eigenvalue weighted by Crippen LogP contribution is 2.32. The van der Waals surface area contributed by atoms with Crippen LogP contribution in [0.1, 0.15) is 11.1 Å². The number of nitro groups is 1. The number of methoxy groups -OCH3 is 1. The van der Waals surface area contributed by atoms with Crippen LogP contribution in [0.25, 0.3) is 32.9 Å². The minimum Gasteiger partial charge on any atom is -0.497 e. The van der Waals surface area contributed by atoms with Crippen LogP contribution in [0, 0.1) is 10.1 Å². The molecule has 1 heterocycles. The number of hydrogen-bond donors (Lipinski definition) is 0. The molecule has 0 atom stereocenters. The van der Waals surface area contributed by atoms with E-state index in [1.54, 1.807) is 30.6 Å². The highest BCUT2D eigenvalue weighted by molar-refractivity contribution is 7.21. The van der Waals surface area contributed by atoms with Gasteiger partial charge in [-0.15, -0.1) is 11.3 Å². The summed E-state index contributed by atoms with van der Waals surface area (Å²) < 4.78 is 6.36. The first-order valence-corrected chi connectivity index (χ1v) is 9.41. The Labute approximate surface area is 165 Å². The lowest BCUT2D eigenvalue weighted by atomic mass is 10.1. The fourth-order valence-corrected chi connectivity index (χ4v) is 3.83. The van der Waals surface area contributed by atoms with Gasteiger partial charge in [0.15, 0.2) is 0 Å². The largest absolute Gasteiger partial charge is 0.497 e. The molecule has 0 aliphatic heterocycles. The molecule has 1 aromatic heterocycles. The zero-order chi connectivity index (χ0) is 19.5. The molecule has 0 amide bonds. The fourth-order valence-electron chi connectivity index (χ4n) is 2.83. The minimum absolute atomic E-state index is 0.0879. The maximum Gasteiger partial charge on any atom is 0.270 e.